The first-order chi connectivity index (χ1) is 7.22. The van der Waals surface area contributed by atoms with E-state index in [1.807, 2.05) is 18.7 Å². The van der Waals surface area contributed by atoms with Gasteiger partial charge in [-0.1, -0.05) is 6.92 Å². The van der Waals surface area contributed by atoms with Crippen LogP contribution in [-0.4, -0.2) is 36.5 Å². The number of amides is 1. The van der Waals surface area contributed by atoms with Crippen LogP contribution in [0.15, 0.2) is 0 Å². The van der Waals surface area contributed by atoms with Crippen molar-refractivity contribution < 1.29 is 4.79 Å². The van der Waals surface area contributed by atoms with Gasteiger partial charge in [-0.05, 0) is 43.7 Å². The minimum Gasteiger partial charge on any atom is -0.353 e. The molecular weight excluding hydrogens is 208 g/mol. The molecule has 4 heteroatoms. The van der Waals surface area contributed by atoms with Gasteiger partial charge in [0.2, 0.25) is 5.91 Å². The number of carbonyl (C=O) groups is 1. The van der Waals surface area contributed by atoms with Crippen molar-refractivity contribution in [2.75, 3.05) is 24.6 Å². The van der Waals surface area contributed by atoms with Gasteiger partial charge in [0.15, 0.2) is 0 Å². The Morgan fingerprint density at radius 2 is 2.40 bits per heavy atom. The molecule has 1 saturated heterocycles. The Bertz CT molecular complexity index is 193. The second-order valence-electron chi connectivity index (χ2n) is 4.24. The van der Waals surface area contributed by atoms with Gasteiger partial charge in [-0.15, -0.1) is 0 Å². The van der Waals surface area contributed by atoms with Gasteiger partial charge >= 0.3 is 0 Å². The van der Waals surface area contributed by atoms with E-state index in [-0.39, 0.29) is 5.91 Å². The third-order valence-electron chi connectivity index (χ3n) is 2.76. The molecule has 2 unspecified atom stereocenters. The summed E-state index contributed by atoms with van der Waals surface area (Å²) >= 11 is 2.01. The minimum atomic E-state index is 0.120. The van der Waals surface area contributed by atoms with E-state index in [0.29, 0.717) is 12.6 Å². The van der Waals surface area contributed by atoms with Gasteiger partial charge in [-0.25, -0.2) is 0 Å². The smallest absolute Gasteiger partial charge is 0.234 e. The van der Waals surface area contributed by atoms with E-state index in [4.69, 9.17) is 0 Å². The lowest BCUT2D eigenvalue weighted by Crippen LogP contribution is -2.40. The van der Waals surface area contributed by atoms with Crippen molar-refractivity contribution >= 4 is 17.7 Å². The topological polar surface area (TPSA) is 41.1 Å². The van der Waals surface area contributed by atoms with E-state index in [0.717, 1.165) is 18.9 Å². The predicted molar refractivity (Wildman–Crippen MR) is 66.2 cm³/mol. The molecule has 2 N–H and O–H groups in total. The van der Waals surface area contributed by atoms with Crippen LogP contribution in [0.1, 0.15) is 26.7 Å². The van der Waals surface area contributed by atoms with Crippen LogP contribution in [0.4, 0.5) is 0 Å². The highest BCUT2D eigenvalue weighted by Crippen LogP contribution is 2.22. The van der Waals surface area contributed by atoms with Crippen molar-refractivity contribution in [2.45, 2.75) is 32.7 Å². The molecule has 1 rings (SSSR count). The Balaban J connectivity index is 2.01. The zero-order chi connectivity index (χ0) is 11.1. The summed E-state index contributed by atoms with van der Waals surface area (Å²) in [5.74, 6) is 3.42. The van der Waals surface area contributed by atoms with Gasteiger partial charge in [0.1, 0.15) is 0 Å². The summed E-state index contributed by atoms with van der Waals surface area (Å²) in [5, 5.41) is 6.18. The molecule has 0 aromatic carbocycles. The van der Waals surface area contributed by atoms with Crippen molar-refractivity contribution in [1.29, 1.82) is 0 Å². The Kier molecular flexibility index (Phi) is 6.10. The molecule has 0 aromatic heterocycles. The summed E-state index contributed by atoms with van der Waals surface area (Å²) in [7, 11) is 0. The average molecular weight is 230 g/mol. The van der Waals surface area contributed by atoms with E-state index >= 15 is 0 Å². The number of thioether (sulfide) groups is 1. The minimum absolute atomic E-state index is 0.120. The number of nitrogens with one attached hydrogen (secondary N) is 2. The summed E-state index contributed by atoms with van der Waals surface area (Å²) < 4.78 is 0. The molecule has 0 saturated carbocycles. The van der Waals surface area contributed by atoms with Crippen molar-refractivity contribution in [1.82, 2.24) is 10.6 Å². The van der Waals surface area contributed by atoms with Gasteiger partial charge in [0.05, 0.1) is 6.54 Å². The van der Waals surface area contributed by atoms with Crippen molar-refractivity contribution in [3.63, 3.8) is 0 Å². The highest BCUT2D eigenvalue weighted by molar-refractivity contribution is 7.99. The van der Waals surface area contributed by atoms with Crippen LogP contribution >= 0.6 is 11.8 Å². The maximum absolute atomic E-state index is 11.4. The Morgan fingerprint density at radius 3 is 3.00 bits per heavy atom. The maximum atomic E-state index is 11.4. The third kappa shape index (κ3) is 5.42. The zero-order valence-corrected chi connectivity index (χ0v) is 10.5. The van der Waals surface area contributed by atoms with Crippen LogP contribution < -0.4 is 10.6 Å². The lowest BCUT2D eigenvalue weighted by atomic mass is 10.1. The van der Waals surface area contributed by atoms with E-state index in [2.05, 4.69) is 17.6 Å². The van der Waals surface area contributed by atoms with E-state index < -0.39 is 0 Å². The van der Waals surface area contributed by atoms with E-state index in [1.165, 1.54) is 17.9 Å². The monoisotopic (exact) mass is 230 g/mol. The Hall–Kier alpha value is -0.220. The molecule has 0 aliphatic carbocycles. The molecule has 1 aliphatic heterocycles. The van der Waals surface area contributed by atoms with Crippen LogP contribution in [-0.2, 0) is 4.79 Å². The highest BCUT2D eigenvalue weighted by Gasteiger charge is 2.15. The quantitative estimate of drug-likeness (QED) is 0.721. The van der Waals surface area contributed by atoms with Gasteiger partial charge in [0.25, 0.3) is 0 Å². The molecule has 1 amide bonds. The normalized spacial score (nSPS) is 22.7. The summed E-state index contributed by atoms with van der Waals surface area (Å²) in [4.78, 5) is 11.4. The highest BCUT2D eigenvalue weighted by atomic mass is 32.2. The molecule has 88 valence electrons. The lowest BCUT2D eigenvalue weighted by Gasteiger charge is -2.13. The van der Waals surface area contributed by atoms with Crippen molar-refractivity contribution in [3.05, 3.63) is 0 Å². The average Bonchev–Trinajstić information content (AvgIpc) is 2.70. The van der Waals surface area contributed by atoms with Crippen molar-refractivity contribution in [2.24, 2.45) is 5.92 Å². The molecule has 1 aliphatic rings. The second kappa shape index (κ2) is 7.12. The third-order valence-corrected chi connectivity index (χ3v) is 3.99. The van der Waals surface area contributed by atoms with Gasteiger partial charge < -0.3 is 10.6 Å². The number of rotatable bonds is 6. The second-order valence-corrected chi connectivity index (χ2v) is 5.39. The molecule has 2 atom stereocenters. The molecule has 3 nitrogen and oxygen atoms in total. The fraction of sp³-hybridized carbons (Fsp3) is 0.909. The van der Waals surface area contributed by atoms with E-state index in [9.17, 15) is 4.79 Å². The van der Waals surface area contributed by atoms with Crippen LogP contribution in [0.2, 0.25) is 0 Å². The first-order valence-corrected chi connectivity index (χ1v) is 6.95. The molecular formula is C11H22N2OS. The summed E-state index contributed by atoms with van der Waals surface area (Å²) in [6, 6.07) is 0.293. The summed E-state index contributed by atoms with van der Waals surface area (Å²) in [5.41, 5.74) is 0. The summed E-state index contributed by atoms with van der Waals surface area (Å²) in [6.07, 6.45) is 2.29. The zero-order valence-electron chi connectivity index (χ0n) is 9.71. The van der Waals surface area contributed by atoms with Gasteiger partial charge in [-0.3, -0.25) is 4.79 Å². The fourth-order valence-electron chi connectivity index (χ4n) is 1.56. The predicted octanol–water partition coefficient (Wildman–Crippen LogP) is 1.24. The van der Waals surface area contributed by atoms with Gasteiger partial charge in [-0.2, -0.15) is 11.8 Å². The maximum Gasteiger partial charge on any atom is 0.234 e. The van der Waals surface area contributed by atoms with E-state index in [1.54, 1.807) is 0 Å². The van der Waals surface area contributed by atoms with Crippen LogP contribution in [0.5, 0.6) is 0 Å². The largest absolute Gasteiger partial charge is 0.353 e. The van der Waals surface area contributed by atoms with Crippen LogP contribution in [0.3, 0.4) is 0 Å². The lowest BCUT2D eigenvalue weighted by molar-refractivity contribution is -0.120. The fourth-order valence-corrected chi connectivity index (χ4v) is 2.85. The molecule has 1 fully saturated rings. The molecule has 0 bridgehead atoms. The Morgan fingerprint density at radius 1 is 1.60 bits per heavy atom. The number of carbonyl (C=O) groups excluding carboxylic acids is 1. The molecule has 0 spiro atoms. The molecule has 0 aromatic rings. The first-order valence-electron chi connectivity index (χ1n) is 5.80. The van der Waals surface area contributed by atoms with Crippen molar-refractivity contribution in [3.8, 4) is 0 Å². The number of hydrogen-bond acceptors (Lipinski definition) is 3. The molecule has 15 heavy (non-hydrogen) atoms. The standard InChI is InChI=1S/C11H22N2OS/c1-3-9(2)13-11(14)7-12-6-10-4-5-15-8-10/h9-10,12H,3-8H2,1-2H3,(H,13,14). The SMILES string of the molecule is CCC(C)NC(=O)CNCC1CCSC1. The summed E-state index contributed by atoms with van der Waals surface area (Å²) in [6.45, 7) is 5.56. The Labute approximate surface area is 96.8 Å². The molecule has 0 radical (unpaired) electrons. The van der Waals surface area contributed by atoms with Crippen LogP contribution in [0, 0.1) is 5.92 Å². The molecule has 1 heterocycles. The van der Waals surface area contributed by atoms with Gasteiger partial charge in [0, 0.05) is 6.04 Å². The first kappa shape index (κ1) is 12.8. The number of hydrogen-bond donors (Lipinski definition) is 2. The van der Waals surface area contributed by atoms with Crippen LogP contribution in [0.25, 0.3) is 0 Å².